The highest BCUT2D eigenvalue weighted by molar-refractivity contribution is 7.19. The Balaban J connectivity index is 1.31. The summed E-state index contributed by atoms with van der Waals surface area (Å²) in [4.78, 5) is 14.1. The predicted octanol–water partition coefficient (Wildman–Crippen LogP) is 5.56. The van der Waals surface area contributed by atoms with Crippen molar-refractivity contribution in [3.8, 4) is 11.3 Å². The molecular formula is C27H33N5OS. The summed E-state index contributed by atoms with van der Waals surface area (Å²) in [6.07, 6.45) is 6.48. The van der Waals surface area contributed by atoms with Gasteiger partial charge in [-0.2, -0.15) is 5.10 Å². The Hall–Kier alpha value is -2.22. The van der Waals surface area contributed by atoms with Crippen LogP contribution in [0.2, 0.25) is 0 Å². The fraction of sp³-hybridized carbons (Fsp3) is 0.556. The summed E-state index contributed by atoms with van der Waals surface area (Å²) in [6.45, 7) is 14.5. The third kappa shape index (κ3) is 2.80. The van der Waals surface area contributed by atoms with Gasteiger partial charge in [-0.25, -0.2) is 9.50 Å². The van der Waals surface area contributed by atoms with E-state index in [0.717, 1.165) is 30.8 Å². The van der Waals surface area contributed by atoms with Crippen LogP contribution >= 0.6 is 11.3 Å². The fourth-order valence-electron chi connectivity index (χ4n) is 7.02. The van der Waals surface area contributed by atoms with E-state index in [1.807, 2.05) is 15.9 Å². The van der Waals surface area contributed by atoms with E-state index < -0.39 is 0 Å². The molecule has 6 nitrogen and oxygen atoms in total. The molecule has 1 unspecified atom stereocenters. The van der Waals surface area contributed by atoms with Crippen LogP contribution in [0.5, 0.6) is 0 Å². The summed E-state index contributed by atoms with van der Waals surface area (Å²) in [6, 6.07) is 1.43. The van der Waals surface area contributed by atoms with Gasteiger partial charge < -0.3 is 9.72 Å². The molecule has 0 spiro atoms. The van der Waals surface area contributed by atoms with Crippen molar-refractivity contribution in [1.29, 1.82) is 0 Å². The molecule has 3 fully saturated rings. The number of hydrogen-bond acceptors (Lipinski definition) is 5. The van der Waals surface area contributed by atoms with Crippen molar-refractivity contribution < 1.29 is 4.74 Å². The van der Waals surface area contributed by atoms with Crippen molar-refractivity contribution in [3.63, 3.8) is 0 Å². The highest BCUT2D eigenvalue weighted by Gasteiger charge is 2.49. The summed E-state index contributed by atoms with van der Waals surface area (Å²) >= 11 is 2.02. The molecule has 2 bridgehead atoms. The van der Waals surface area contributed by atoms with Crippen LogP contribution in [0.1, 0.15) is 65.7 Å². The number of nitrogens with zero attached hydrogens (tertiary/aromatic N) is 4. The lowest BCUT2D eigenvalue weighted by atomic mass is 9.88. The van der Waals surface area contributed by atoms with Crippen LogP contribution in [-0.4, -0.2) is 56.3 Å². The third-order valence-electron chi connectivity index (χ3n) is 8.94. The highest BCUT2D eigenvalue weighted by atomic mass is 32.1. The van der Waals surface area contributed by atoms with Crippen LogP contribution < -0.4 is 0 Å². The van der Waals surface area contributed by atoms with Crippen molar-refractivity contribution in [3.05, 3.63) is 39.7 Å². The topological polar surface area (TPSA) is 58.5 Å². The van der Waals surface area contributed by atoms with E-state index in [4.69, 9.17) is 4.74 Å². The number of H-pyrrole nitrogens is 1. The molecule has 1 saturated carbocycles. The number of nitrogens with one attached hydrogen (secondary N) is 1. The molecule has 0 radical (unpaired) electrons. The number of pyridine rings is 1. The van der Waals surface area contributed by atoms with Gasteiger partial charge in [0.25, 0.3) is 0 Å². The first-order valence-corrected chi connectivity index (χ1v) is 13.5. The number of rotatable bonds is 4. The minimum atomic E-state index is 0.435. The molecule has 3 aliphatic rings. The summed E-state index contributed by atoms with van der Waals surface area (Å²) < 4.78 is 7.40. The average Bonchev–Trinajstić information content (AvgIpc) is 3.56. The zero-order chi connectivity index (χ0) is 23.3. The van der Waals surface area contributed by atoms with E-state index in [0.29, 0.717) is 17.9 Å². The molecule has 4 aromatic heterocycles. The second-order valence-corrected chi connectivity index (χ2v) is 12.1. The molecule has 178 valence electrons. The number of likely N-dealkylation sites (tertiary alicyclic amines) is 1. The van der Waals surface area contributed by atoms with Gasteiger partial charge in [0.2, 0.25) is 0 Å². The molecule has 2 saturated heterocycles. The SMILES string of the molecule is Cc1c(-c2[nH]c3sc([C@@H]4CC5C[C@H]4CN5C4COC4)c(C)c3c2C(C)C)cn2ncnc2c1C. The maximum absolute atomic E-state index is 5.48. The van der Waals surface area contributed by atoms with Gasteiger partial charge in [0.15, 0.2) is 5.65 Å². The minimum absolute atomic E-state index is 0.435. The second-order valence-electron chi connectivity index (χ2n) is 11.1. The van der Waals surface area contributed by atoms with E-state index in [2.05, 4.69) is 60.8 Å². The number of aromatic amines is 1. The van der Waals surface area contributed by atoms with Crippen molar-refractivity contribution in [2.45, 2.75) is 71.4 Å². The molecular weight excluding hydrogens is 442 g/mol. The van der Waals surface area contributed by atoms with Crippen LogP contribution in [0.3, 0.4) is 0 Å². The Morgan fingerprint density at radius 1 is 1.09 bits per heavy atom. The normalized spacial score (nSPS) is 25.4. The van der Waals surface area contributed by atoms with E-state index in [1.165, 1.54) is 63.1 Å². The highest BCUT2D eigenvalue weighted by Crippen LogP contribution is 2.53. The Morgan fingerprint density at radius 2 is 1.91 bits per heavy atom. The number of thiophene rings is 1. The minimum Gasteiger partial charge on any atom is -0.378 e. The summed E-state index contributed by atoms with van der Waals surface area (Å²) in [5.41, 5.74) is 8.88. The number of fused-ring (bicyclic) bond motifs is 4. The zero-order valence-electron chi connectivity index (χ0n) is 20.7. The van der Waals surface area contributed by atoms with Crippen molar-refractivity contribution in [1.82, 2.24) is 24.5 Å². The molecule has 7 heteroatoms. The molecule has 2 aliphatic heterocycles. The van der Waals surface area contributed by atoms with E-state index >= 15 is 0 Å². The number of aromatic nitrogens is 4. The van der Waals surface area contributed by atoms with Gasteiger partial charge >= 0.3 is 0 Å². The van der Waals surface area contributed by atoms with Crippen LogP contribution in [-0.2, 0) is 4.74 Å². The monoisotopic (exact) mass is 475 g/mol. The molecule has 4 aromatic rings. The summed E-state index contributed by atoms with van der Waals surface area (Å²) in [5.74, 6) is 1.95. The molecule has 0 amide bonds. The van der Waals surface area contributed by atoms with Crippen molar-refractivity contribution >= 4 is 27.2 Å². The Kier molecular flexibility index (Phi) is 4.58. The van der Waals surface area contributed by atoms with Crippen LogP contribution in [0, 0.1) is 26.7 Å². The summed E-state index contributed by atoms with van der Waals surface area (Å²) in [5, 5.41) is 5.91. The molecule has 6 heterocycles. The van der Waals surface area contributed by atoms with E-state index in [9.17, 15) is 0 Å². The maximum atomic E-state index is 5.48. The standard InChI is InChI=1S/C27H33N5OS/c1-13(2)22-23-16(5)25(20-7-18-6-17(20)8-31(18)19-10-33-11-19)34-27(23)30-24(22)21-9-32-26(28-12-29-32)15(4)14(21)3/h9,12-13,17-20,30H,6-8,10-11H2,1-5H3/t17-,18?,20+/m0/s1. The van der Waals surface area contributed by atoms with Gasteiger partial charge in [0.1, 0.15) is 11.2 Å². The number of hydrogen-bond donors (Lipinski definition) is 1. The van der Waals surface area contributed by atoms with Gasteiger partial charge in [0, 0.05) is 34.6 Å². The molecule has 3 atom stereocenters. The first kappa shape index (κ1) is 21.1. The van der Waals surface area contributed by atoms with Crippen molar-refractivity contribution in [2.75, 3.05) is 19.8 Å². The molecule has 34 heavy (non-hydrogen) atoms. The smallest absolute Gasteiger partial charge is 0.158 e. The lowest BCUT2D eigenvalue weighted by Gasteiger charge is -2.41. The predicted molar refractivity (Wildman–Crippen MR) is 137 cm³/mol. The average molecular weight is 476 g/mol. The number of aryl methyl sites for hydroxylation is 2. The van der Waals surface area contributed by atoms with Gasteiger partial charge in [0.05, 0.1) is 24.9 Å². The lowest BCUT2D eigenvalue weighted by Crippen LogP contribution is -2.52. The zero-order valence-corrected chi connectivity index (χ0v) is 21.5. The van der Waals surface area contributed by atoms with Crippen molar-refractivity contribution in [2.24, 2.45) is 5.92 Å². The maximum Gasteiger partial charge on any atom is 0.158 e. The van der Waals surface area contributed by atoms with Gasteiger partial charge in [-0.1, -0.05) is 13.8 Å². The van der Waals surface area contributed by atoms with E-state index in [-0.39, 0.29) is 0 Å². The second kappa shape index (κ2) is 7.39. The summed E-state index contributed by atoms with van der Waals surface area (Å²) in [7, 11) is 0. The molecule has 1 N–H and O–H groups in total. The van der Waals surface area contributed by atoms with Crippen LogP contribution in [0.15, 0.2) is 12.5 Å². The van der Waals surface area contributed by atoms with Crippen LogP contribution in [0.4, 0.5) is 0 Å². The Labute approximate surface area is 204 Å². The molecule has 1 aliphatic carbocycles. The largest absolute Gasteiger partial charge is 0.378 e. The fourth-order valence-corrected chi connectivity index (χ4v) is 8.45. The van der Waals surface area contributed by atoms with Crippen LogP contribution in [0.25, 0.3) is 27.1 Å². The van der Waals surface area contributed by atoms with E-state index in [1.54, 1.807) is 11.2 Å². The first-order valence-electron chi connectivity index (χ1n) is 12.7. The quantitative estimate of drug-likeness (QED) is 0.420. The Bertz CT molecular complexity index is 1420. The third-order valence-corrected chi connectivity index (χ3v) is 10.3. The lowest BCUT2D eigenvalue weighted by molar-refractivity contribution is -0.0755. The van der Waals surface area contributed by atoms with Gasteiger partial charge in [-0.15, -0.1) is 11.3 Å². The van der Waals surface area contributed by atoms with Gasteiger partial charge in [-0.3, -0.25) is 4.90 Å². The molecule has 7 rings (SSSR count). The molecule has 0 aromatic carbocycles. The van der Waals surface area contributed by atoms with Gasteiger partial charge in [-0.05, 0) is 73.6 Å². The Morgan fingerprint density at radius 3 is 2.59 bits per heavy atom. The number of piperidine rings is 1. The first-order chi connectivity index (χ1) is 16.4. The number of ether oxygens (including phenoxy) is 1.